The number of esters is 1. The van der Waals surface area contributed by atoms with Gasteiger partial charge in [-0.1, -0.05) is 11.6 Å². The highest BCUT2D eigenvalue weighted by molar-refractivity contribution is 6.34. The highest BCUT2D eigenvalue weighted by atomic mass is 35.5. The van der Waals surface area contributed by atoms with E-state index in [1.54, 1.807) is 0 Å². The lowest BCUT2D eigenvalue weighted by molar-refractivity contribution is -0.391. The molecule has 0 saturated carbocycles. The maximum absolute atomic E-state index is 12.6. The number of hydrogen-bond acceptors (Lipinski definition) is 5. The summed E-state index contributed by atoms with van der Waals surface area (Å²) in [6.45, 7) is 0. The van der Waals surface area contributed by atoms with Crippen LogP contribution in [-0.4, -0.2) is 23.0 Å². The standard InChI is InChI=1S/C8H5ClF2N2O4/c1-17-8(14)3-2-12-7(13(15)16)4(5(3)9)6(10)11/h2,6H,1H3. The van der Waals surface area contributed by atoms with Gasteiger partial charge in [0.15, 0.2) is 6.20 Å². The molecule has 0 aromatic carbocycles. The van der Waals surface area contributed by atoms with Crippen molar-refractivity contribution in [3.8, 4) is 0 Å². The van der Waals surface area contributed by atoms with Gasteiger partial charge in [-0.05, 0) is 9.91 Å². The third-order valence-electron chi connectivity index (χ3n) is 1.83. The molecule has 0 aliphatic heterocycles. The van der Waals surface area contributed by atoms with Gasteiger partial charge in [0, 0.05) is 0 Å². The molecule has 0 atom stereocenters. The zero-order chi connectivity index (χ0) is 13.2. The minimum Gasteiger partial charge on any atom is -0.465 e. The molecule has 0 aliphatic carbocycles. The summed E-state index contributed by atoms with van der Waals surface area (Å²) < 4.78 is 29.5. The predicted octanol–water partition coefficient (Wildman–Crippen LogP) is 2.37. The number of halogens is 3. The van der Waals surface area contributed by atoms with E-state index in [1.807, 2.05) is 0 Å². The van der Waals surface area contributed by atoms with Crippen LogP contribution in [-0.2, 0) is 4.74 Å². The number of hydrogen-bond donors (Lipinski definition) is 0. The van der Waals surface area contributed by atoms with Crippen molar-refractivity contribution >= 4 is 23.4 Å². The molecule has 0 unspecified atom stereocenters. The molecule has 0 radical (unpaired) electrons. The molecule has 17 heavy (non-hydrogen) atoms. The van der Waals surface area contributed by atoms with Crippen LogP contribution in [0, 0.1) is 10.1 Å². The summed E-state index contributed by atoms with van der Waals surface area (Å²) in [5.74, 6) is -2.09. The molecule has 0 saturated heterocycles. The zero-order valence-corrected chi connectivity index (χ0v) is 9.07. The lowest BCUT2D eigenvalue weighted by atomic mass is 10.2. The smallest absolute Gasteiger partial charge is 0.373 e. The van der Waals surface area contributed by atoms with Gasteiger partial charge < -0.3 is 14.9 Å². The van der Waals surface area contributed by atoms with Crippen molar-refractivity contribution < 1.29 is 23.2 Å². The molecule has 0 N–H and O–H groups in total. The van der Waals surface area contributed by atoms with Gasteiger partial charge in [-0.15, -0.1) is 0 Å². The minimum atomic E-state index is -3.22. The largest absolute Gasteiger partial charge is 0.465 e. The SMILES string of the molecule is COC(=O)c1cnc([N+](=O)[O-])c(C(F)F)c1Cl. The number of carbonyl (C=O) groups is 1. The maximum Gasteiger partial charge on any atom is 0.373 e. The average molecular weight is 267 g/mol. The van der Waals surface area contributed by atoms with E-state index in [2.05, 4.69) is 9.72 Å². The van der Waals surface area contributed by atoms with Crippen molar-refractivity contribution in [3.63, 3.8) is 0 Å². The molecule has 0 spiro atoms. The third kappa shape index (κ3) is 2.47. The fourth-order valence-electron chi connectivity index (χ4n) is 1.09. The first-order chi connectivity index (χ1) is 7.90. The summed E-state index contributed by atoms with van der Waals surface area (Å²) in [5.41, 5.74) is -1.55. The monoisotopic (exact) mass is 266 g/mol. The van der Waals surface area contributed by atoms with Crippen LogP contribution >= 0.6 is 11.6 Å². The topological polar surface area (TPSA) is 82.3 Å². The van der Waals surface area contributed by atoms with Crippen LogP contribution < -0.4 is 0 Å². The van der Waals surface area contributed by atoms with Gasteiger partial charge in [0.25, 0.3) is 6.43 Å². The molecule has 0 aliphatic rings. The van der Waals surface area contributed by atoms with Gasteiger partial charge in [0.1, 0.15) is 11.1 Å². The van der Waals surface area contributed by atoms with Gasteiger partial charge in [0.05, 0.1) is 12.1 Å². The molecule has 0 bridgehead atoms. The van der Waals surface area contributed by atoms with Gasteiger partial charge in [0.2, 0.25) is 0 Å². The fourth-order valence-corrected chi connectivity index (χ4v) is 1.38. The summed E-state index contributed by atoms with van der Waals surface area (Å²) in [6.07, 6.45) is -2.50. The molecule has 9 heteroatoms. The number of alkyl halides is 2. The fraction of sp³-hybridized carbons (Fsp3) is 0.250. The molecule has 1 heterocycles. The van der Waals surface area contributed by atoms with E-state index < -0.39 is 39.3 Å². The lowest BCUT2D eigenvalue weighted by Gasteiger charge is -2.06. The van der Waals surface area contributed by atoms with Crippen LogP contribution in [0.3, 0.4) is 0 Å². The Labute approximate surface area is 98.3 Å². The number of aromatic nitrogens is 1. The van der Waals surface area contributed by atoms with E-state index in [1.165, 1.54) is 0 Å². The molecule has 1 rings (SSSR count). The van der Waals surface area contributed by atoms with E-state index in [4.69, 9.17) is 11.6 Å². The summed E-state index contributed by atoms with van der Waals surface area (Å²) in [5, 5.41) is 9.74. The number of carbonyl (C=O) groups excluding carboxylic acids is 1. The van der Waals surface area contributed by atoms with Crippen LogP contribution in [0.15, 0.2) is 6.20 Å². The number of methoxy groups -OCH3 is 1. The molecule has 0 fully saturated rings. The van der Waals surface area contributed by atoms with Gasteiger partial charge in [-0.25, -0.2) is 13.6 Å². The third-order valence-corrected chi connectivity index (χ3v) is 2.23. The van der Waals surface area contributed by atoms with E-state index in [-0.39, 0.29) is 0 Å². The first kappa shape index (κ1) is 13.2. The molecular formula is C8H5ClF2N2O4. The van der Waals surface area contributed by atoms with Gasteiger partial charge >= 0.3 is 11.8 Å². The van der Waals surface area contributed by atoms with Crippen molar-refractivity contribution in [2.75, 3.05) is 7.11 Å². The Bertz CT molecular complexity index is 481. The Hall–Kier alpha value is -1.83. The highest BCUT2D eigenvalue weighted by Gasteiger charge is 2.31. The Morgan fingerprint density at radius 3 is 2.65 bits per heavy atom. The van der Waals surface area contributed by atoms with E-state index in [9.17, 15) is 23.7 Å². The minimum absolute atomic E-state index is 0.449. The first-order valence-corrected chi connectivity index (χ1v) is 4.47. The average Bonchev–Trinajstić information content (AvgIpc) is 2.26. The summed E-state index contributed by atoms with van der Waals surface area (Å²) in [7, 11) is 1.02. The number of pyridine rings is 1. The number of rotatable bonds is 3. The molecule has 6 nitrogen and oxygen atoms in total. The predicted molar refractivity (Wildman–Crippen MR) is 52.2 cm³/mol. The summed E-state index contributed by atoms with van der Waals surface area (Å²) in [6, 6.07) is 0. The number of nitrogens with zero attached hydrogens (tertiary/aromatic N) is 2. The van der Waals surface area contributed by atoms with Gasteiger partial charge in [-0.3, -0.25) is 0 Å². The van der Waals surface area contributed by atoms with Crippen molar-refractivity contribution in [2.45, 2.75) is 6.43 Å². The van der Waals surface area contributed by atoms with Crippen LogP contribution in [0.1, 0.15) is 22.3 Å². The second kappa shape index (κ2) is 5.00. The summed E-state index contributed by atoms with van der Waals surface area (Å²) >= 11 is 5.50. The van der Waals surface area contributed by atoms with E-state index in [0.29, 0.717) is 0 Å². The zero-order valence-electron chi connectivity index (χ0n) is 8.32. The van der Waals surface area contributed by atoms with Crippen molar-refractivity contribution in [1.29, 1.82) is 0 Å². The molecule has 1 aromatic rings. The molecular weight excluding hydrogens is 262 g/mol. The van der Waals surface area contributed by atoms with Crippen LogP contribution in [0.25, 0.3) is 0 Å². The highest BCUT2D eigenvalue weighted by Crippen LogP contribution is 2.35. The van der Waals surface area contributed by atoms with Crippen molar-refractivity contribution in [2.24, 2.45) is 0 Å². The second-order valence-electron chi connectivity index (χ2n) is 2.77. The normalized spacial score (nSPS) is 10.4. The second-order valence-corrected chi connectivity index (χ2v) is 3.15. The Kier molecular flexibility index (Phi) is 3.89. The lowest BCUT2D eigenvalue weighted by Crippen LogP contribution is -2.08. The molecule has 1 aromatic heterocycles. The van der Waals surface area contributed by atoms with Crippen LogP contribution in [0.4, 0.5) is 14.6 Å². The number of nitro groups is 1. The van der Waals surface area contributed by atoms with Crippen LogP contribution in [0.5, 0.6) is 0 Å². The maximum atomic E-state index is 12.6. The Morgan fingerprint density at radius 1 is 1.65 bits per heavy atom. The van der Waals surface area contributed by atoms with Crippen LogP contribution in [0.2, 0.25) is 5.02 Å². The van der Waals surface area contributed by atoms with Crippen molar-refractivity contribution in [3.05, 3.63) is 32.5 Å². The quantitative estimate of drug-likeness (QED) is 0.476. The Balaban J connectivity index is 3.49. The van der Waals surface area contributed by atoms with E-state index >= 15 is 0 Å². The molecule has 92 valence electrons. The van der Waals surface area contributed by atoms with Gasteiger partial charge in [-0.2, -0.15) is 0 Å². The number of ether oxygens (including phenoxy) is 1. The Morgan fingerprint density at radius 2 is 2.24 bits per heavy atom. The first-order valence-electron chi connectivity index (χ1n) is 4.09. The van der Waals surface area contributed by atoms with Crippen molar-refractivity contribution in [1.82, 2.24) is 4.98 Å². The summed E-state index contributed by atoms with van der Waals surface area (Å²) in [4.78, 5) is 23.7. The van der Waals surface area contributed by atoms with E-state index in [0.717, 1.165) is 13.3 Å². The molecule has 0 amide bonds.